The SMILES string of the molecule is CC(CO)c1cnc(Cl)cc1-c1cc2c(F)cccc2[nH]1. The topological polar surface area (TPSA) is 48.9 Å². The van der Waals surface area contributed by atoms with Crippen LogP contribution in [0.15, 0.2) is 36.5 Å². The van der Waals surface area contributed by atoms with Gasteiger partial charge in [-0.15, -0.1) is 0 Å². The van der Waals surface area contributed by atoms with Gasteiger partial charge in [0.25, 0.3) is 0 Å². The van der Waals surface area contributed by atoms with E-state index >= 15 is 0 Å². The summed E-state index contributed by atoms with van der Waals surface area (Å²) in [5, 5.41) is 10.3. The number of H-pyrrole nitrogens is 1. The van der Waals surface area contributed by atoms with E-state index in [0.29, 0.717) is 10.5 Å². The molecule has 2 aromatic heterocycles. The van der Waals surface area contributed by atoms with Crippen LogP contribution in [0.25, 0.3) is 22.2 Å². The van der Waals surface area contributed by atoms with Crippen molar-refractivity contribution in [3.63, 3.8) is 0 Å². The maximum absolute atomic E-state index is 13.8. The summed E-state index contributed by atoms with van der Waals surface area (Å²) in [6, 6.07) is 8.39. The van der Waals surface area contributed by atoms with Gasteiger partial charge < -0.3 is 10.1 Å². The third-order valence-corrected chi connectivity index (χ3v) is 3.81. The van der Waals surface area contributed by atoms with Crippen molar-refractivity contribution in [3.8, 4) is 11.3 Å². The minimum atomic E-state index is -0.271. The second kappa shape index (κ2) is 5.47. The molecule has 1 unspecified atom stereocenters. The number of nitrogens with zero attached hydrogens (tertiary/aromatic N) is 1. The Balaban J connectivity index is 2.22. The van der Waals surface area contributed by atoms with Crippen molar-refractivity contribution in [3.05, 3.63) is 53.1 Å². The van der Waals surface area contributed by atoms with Crippen molar-refractivity contribution in [2.24, 2.45) is 0 Å². The van der Waals surface area contributed by atoms with Crippen molar-refractivity contribution in [2.75, 3.05) is 6.61 Å². The molecule has 21 heavy (non-hydrogen) atoms. The predicted octanol–water partition coefficient (Wildman–Crippen LogP) is 4.12. The fraction of sp³-hybridized carbons (Fsp3) is 0.188. The monoisotopic (exact) mass is 304 g/mol. The average molecular weight is 305 g/mol. The summed E-state index contributed by atoms with van der Waals surface area (Å²) in [4.78, 5) is 7.26. The first kappa shape index (κ1) is 14.0. The summed E-state index contributed by atoms with van der Waals surface area (Å²) < 4.78 is 13.8. The summed E-state index contributed by atoms with van der Waals surface area (Å²) in [6.45, 7) is 1.91. The zero-order valence-corrected chi connectivity index (χ0v) is 12.2. The zero-order chi connectivity index (χ0) is 15.0. The van der Waals surface area contributed by atoms with Gasteiger partial charge in [-0.3, -0.25) is 0 Å². The van der Waals surface area contributed by atoms with E-state index in [-0.39, 0.29) is 18.3 Å². The highest BCUT2D eigenvalue weighted by molar-refractivity contribution is 6.29. The van der Waals surface area contributed by atoms with E-state index in [9.17, 15) is 9.50 Å². The maximum Gasteiger partial charge on any atom is 0.132 e. The van der Waals surface area contributed by atoms with Crippen LogP contribution in [-0.2, 0) is 0 Å². The van der Waals surface area contributed by atoms with Crippen LogP contribution in [-0.4, -0.2) is 21.7 Å². The number of benzene rings is 1. The summed E-state index contributed by atoms with van der Waals surface area (Å²) >= 11 is 5.98. The lowest BCUT2D eigenvalue weighted by molar-refractivity contribution is 0.273. The van der Waals surface area contributed by atoms with Crippen LogP contribution in [0.5, 0.6) is 0 Å². The molecule has 3 rings (SSSR count). The van der Waals surface area contributed by atoms with Crippen molar-refractivity contribution in [2.45, 2.75) is 12.8 Å². The van der Waals surface area contributed by atoms with E-state index < -0.39 is 0 Å². The molecule has 0 aliphatic carbocycles. The third-order valence-electron chi connectivity index (χ3n) is 3.61. The number of fused-ring (bicyclic) bond motifs is 1. The van der Waals surface area contributed by atoms with E-state index in [4.69, 9.17) is 11.6 Å². The van der Waals surface area contributed by atoms with E-state index in [0.717, 1.165) is 22.3 Å². The molecule has 0 amide bonds. The largest absolute Gasteiger partial charge is 0.396 e. The molecule has 0 radical (unpaired) electrons. The minimum absolute atomic E-state index is 0.00486. The highest BCUT2D eigenvalue weighted by atomic mass is 35.5. The first-order valence-electron chi connectivity index (χ1n) is 6.64. The van der Waals surface area contributed by atoms with Crippen LogP contribution < -0.4 is 0 Å². The van der Waals surface area contributed by atoms with E-state index in [1.165, 1.54) is 6.07 Å². The van der Waals surface area contributed by atoms with E-state index in [1.807, 2.05) is 13.0 Å². The smallest absolute Gasteiger partial charge is 0.132 e. The van der Waals surface area contributed by atoms with Gasteiger partial charge >= 0.3 is 0 Å². The molecule has 0 saturated heterocycles. The number of aromatic amines is 1. The quantitative estimate of drug-likeness (QED) is 0.715. The molecule has 1 atom stereocenters. The number of nitrogens with one attached hydrogen (secondary N) is 1. The summed E-state index contributed by atoms with van der Waals surface area (Å²) in [5.41, 5.74) is 3.18. The number of rotatable bonds is 3. The average Bonchev–Trinajstić information content (AvgIpc) is 2.92. The molecule has 108 valence electrons. The molecule has 3 aromatic rings. The van der Waals surface area contributed by atoms with Crippen LogP contribution in [0.2, 0.25) is 5.15 Å². The Kier molecular flexibility index (Phi) is 3.66. The zero-order valence-electron chi connectivity index (χ0n) is 11.4. The molecule has 0 fully saturated rings. The van der Waals surface area contributed by atoms with Crippen LogP contribution in [0, 0.1) is 5.82 Å². The second-order valence-electron chi connectivity index (χ2n) is 5.06. The van der Waals surface area contributed by atoms with Crippen LogP contribution >= 0.6 is 11.6 Å². The fourth-order valence-electron chi connectivity index (χ4n) is 2.43. The lowest BCUT2D eigenvalue weighted by atomic mass is 9.97. The Morgan fingerprint density at radius 3 is 2.90 bits per heavy atom. The highest BCUT2D eigenvalue weighted by Gasteiger charge is 2.15. The Hall–Kier alpha value is -1.91. The Morgan fingerprint density at radius 1 is 1.38 bits per heavy atom. The number of hydrogen-bond acceptors (Lipinski definition) is 2. The van der Waals surface area contributed by atoms with Crippen molar-refractivity contribution < 1.29 is 9.50 Å². The first-order valence-corrected chi connectivity index (χ1v) is 7.02. The lowest BCUT2D eigenvalue weighted by Gasteiger charge is -2.13. The minimum Gasteiger partial charge on any atom is -0.396 e. The fourth-order valence-corrected chi connectivity index (χ4v) is 2.59. The molecule has 0 aliphatic heterocycles. The van der Waals surface area contributed by atoms with Gasteiger partial charge in [-0.1, -0.05) is 24.6 Å². The third kappa shape index (κ3) is 2.52. The maximum atomic E-state index is 13.8. The van der Waals surface area contributed by atoms with Gasteiger partial charge in [0.15, 0.2) is 0 Å². The molecule has 0 aliphatic rings. The number of aliphatic hydroxyl groups is 1. The number of hydrogen-bond donors (Lipinski definition) is 2. The van der Waals surface area contributed by atoms with Crippen molar-refractivity contribution in [1.82, 2.24) is 9.97 Å². The molecule has 3 nitrogen and oxygen atoms in total. The normalized spacial score (nSPS) is 12.8. The van der Waals surface area contributed by atoms with Gasteiger partial charge in [0.05, 0.1) is 0 Å². The molecule has 0 spiro atoms. The molecule has 0 saturated carbocycles. The first-order chi connectivity index (χ1) is 10.1. The predicted molar refractivity (Wildman–Crippen MR) is 82.0 cm³/mol. The molecular formula is C16H14ClFN2O. The Morgan fingerprint density at radius 2 is 2.19 bits per heavy atom. The Labute approximate surface area is 126 Å². The summed E-state index contributed by atoms with van der Waals surface area (Å²) in [5.74, 6) is -0.354. The van der Waals surface area contributed by atoms with E-state index in [2.05, 4.69) is 9.97 Å². The van der Waals surface area contributed by atoms with Crippen LogP contribution in [0.1, 0.15) is 18.4 Å². The summed E-state index contributed by atoms with van der Waals surface area (Å²) in [6.07, 6.45) is 1.65. The van der Waals surface area contributed by atoms with Crippen molar-refractivity contribution in [1.29, 1.82) is 0 Å². The molecule has 1 aromatic carbocycles. The van der Waals surface area contributed by atoms with Crippen molar-refractivity contribution >= 4 is 22.5 Å². The number of aromatic nitrogens is 2. The van der Waals surface area contributed by atoms with Gasteiger partial charge in [-0.05, 0) is 29.8 Å². The molecule has 5 heteroatoms. The lowest BCUT2D eigenvalue weighted by Crippen LogP contribution is -2.02. The summed E-state index contributed by atoms with van der Waals surface area (Å²) in [7, 11) is 0. The van der Waals surface area contributed by atoms with Gasteiger partial charge in [0.1, 0.15) is 11.0 Å². The van der Waals surface area contributed by atoms with Crippen LogP contribution in [0.3, 0.4) is 0 Å². The van der Waals surface area contributed by atoms with Gasteiger partial charge in [0.2, 0.25) is 0 Å². The molecule has 0 bridgehead atoms. The molecular weight excluding hydrogens is 291 g/mol. The second-order valence-corrected chi connectivity index (χ2v) is 5.45. The molecule has 2 heterocycles. The van der Waals surface area contributed by atoms with E-state index in [1.54, 1.807) is 24.4 Å². The standard InChI is InChI=1S/C16H14ClFN2O/c1-9(8-21)12-7-19-16(17)6-10(12)15-5-11-13(18)3-2-4-14(11)20-15/h2-7,9,20-21H,8H2,1H3. The number of aliphatic hydroxyl groups excluding tert-OH is 1. The van der Waals surface area contributed by atoms with Gasteiger partial charge in [-0.2, -0.15) is 0 Å². The highest BCUT2D eigenvalue weighted by Crippen LogP contribution is 2.32. The Bertz CT molecular complexity index is 800. The van der Waals surface area contributed by atoms with Gasteiger partial charge in [0, 0.05) is 40.9 Å². The van der Waals surface area contributed by atoms with Crippen LogP contribution in [0.4, 0.5) is 4.39 Å². The van der Waals surface area contributed by atoms with Gasteiger partial charge in [-0.25, -0.2) is 9.37 Å². The number of pyridine rings is 1. The number of halogens is 2. The molecule has 2 N–H and O–H groups in total.